The van der Waals surface area contributed by atoms with Gasteiger partial charge in [-0.3, -0.25) is 4.98 Å². The Morgan fingerprint density at radius 3 is 2.65 bits per heavy atom. The molecule has 0 spiro atoms. The van der Waals surface area contributed by atoms with Gasteiger partial charge in [0.15, 0.2) is 0 Å². The summed E-state index contributed by atoms with van der Waals surface area (Å²) in [6.07, 6.45) is 8.16. The van der Waals surface area contributed by atoms with Gasteiger partial charge in [-0.2, -0.15) is 0 Å². The molecule has 1 aromatic rings. The van der Waals surface area contributed by atoms with Crippen molar-refractivity contribution in [2.75, 3.05) is 12.3 Å². The predicted octanol–water partition coefficient (Wildman–Crippen LogP) is 2.34. The number of nitrogens with zero attached hydrogens (tertiary/aromatic N) is 1. The summed E-state index contributed by atoms with van der Waals surface area (Å²) in [6, 6.07) is 3.68. The van der Waals surface area contributed by atoms with E-state index < -0.39 is 10.0 Å². The first-order valence-corrected chi connectivity index (χ1v) is 9.16. The molecule has 2 atom stereocenters. The second-order valence-corrected chi connectivity index (χ2v) is 7.82. The quantitative estimate of drug-likeness (QED) is 0.820. The van der Waals surface area contributed by atoms with Gasteiger partial charge in [0.25, 0.3) is 0 Å². The zero-order chi connectivity index (χ0) is 14.4. The third-order valence-electron chi connectivity index (χ3n) is 3.79. The summed E-state index contributed by atoms with van der Waals surface area (Å²) < 4.78 is 26.7. The molecule has 0 bridgehead atoms. The van der Waals surface area contributed by atoms with E-state index in [9.17, 15) is 8.42 Å². The zero-order valence-corrected chi connectivity index (χ0v) is 13.0. The molecule has 1 aliphatic rings. The Bertz CT molecular complexity index is 507. The minimum absolute atomic E-state index is 0.103. The molecule has 6 heteroatoms. The van der Waals surface area contributed by atoms with Gasteiger partial charge in [-0.15, -0.1) is 11.6 Å². The van der Waals surface area contributed by atoms with E-state index in [1.807, 2.05) is 12.1 Å². The third-order valence-corrected chi connectivity index (χ3v) is 5.71. The minimum atomic E-state index is -3.23. The van der Waals surface area contributed by atoms with Crippen LogP contribution in [0.3, 0.4) is 0 Å². The fourth-order valence-corrected chi connectivity index (χ4v) is 3.99. The molecule has 1 aromatic heterocycles. The van der Waals surface area contributed by atoms with Crippen molar-refractivity contribution in [2.24, 2.45) is 5.92 Å². The summed E-state index contributed by atoms with van der Waals surface area (Å²) in [5.74, 6) is 0.373. The summed E-state index contributed by atoms with van der Waals surface area (Å²) >= 11 is 6.24. The van der Waals surface area contributed by atoms with E-state index in [2.05, 4.69) is 9.71 Å². The maximum atomic E-state index is 12.0. The van der Waals surface area contributed by atoms with Crippen molar-refractivity contribution < 1.29 is 8.42 Å². The Hall–Kier alpha value is -0.650. The first-order chi connectivity index (χ1) is 9.57. The lowest BCUT2D eigenvalue weighted by molar-refractivity contribution is 0.364. The maximum Gasteiger partial charge on any atom is 0.211 e. The van der Waals surface area contributed by atoms with E-state index in [1.165, 1.54) is 0 Å². The van der Waals surface area contributed by atoms with Crippen molar-refractivity contribution in [2.45, 2.75) is 37.5 Å². The molecule has 1 N–H and O–H groups in total. The van der Waals surface area contributed by atoms with Crippen LogP contribution in [0, 0.1) is 5.92 Å². The number of rotatable bonds is 6. The largest absolute Gasteiger partial charge is 0.265 e. The molecule has 0 radical (unpaired) electrons. The topological polar surface area (TPSA) is 59.1 Å². The van der Waals surface area contributed by atoms with Crippen LogP contribution in [0.5, 0.6) is 0 Å². The highest BCUT2D eigenvalue weighted by molar-refractivity contribution is 7.89. The van der Waals surface area contributed by atoms with Gasteiger partial charge < -0.3 is 0 Å². The molecular formula is C14H21ClN2O2S. The molecule has 2 rings (SSSR count). The highest BCUT2D eigenvalue weighted by Crippen LogP contribution is 2.28. The summed E-state index contributed by atoms with van der Waals surface area (Å²) in [4.78, 5) is 3.92. The number of hydrogen-bond donors (Lipinski definition) is 1. The molecule has 0 saturated heterocycles. The molecular weight excluding hydrogens is 296 g/mol. The van der Waals surface area contributed by atoms with Gasteiger partial charge >= 0.3 is 0 Å². The minimum Gasteiger partial charge on any atom is -0.265 e. The summed E-state index contributed by atoms with van der Waals surface area (Å²) in [7, 11) is -3.23. The van der Waals surface area contributed by atoms with E-state index in [-0.39, 0.29) is 17.0 Å². The van der Waals surface area contributed by atoms with Gasteiger partial charge in [-0.25, -0.2) is 13.1 Å². The average Bonchev–Trinajstić information content (AvgIpc) is 2.46. The van der Waals surface area contributed by atoms with Crippen molar-refractivity contribution in [3.8, 4) is 0 Å². The predicted molar refractivity (Wildman–Crippen MR) is 81.3 cm³/mol. The van der Waals surface area contributed by atoms with E-state index >= 15 is 0 Å². The van der Waals surface area contributed by atoms with Crippen molar-refractivity contribution in [1.82, 2.24) is 9.71 Å². The van der Waals surface area contributed by atoms with Crippen molar-refractivity contribution in [3.05, 3.63) is 30.1 Å². The molecule has 112 valence electrons. The van der Waals surface area contributed by atoms with Crippen LogP contribution in [0.2, 0.25) is 0 Å². The van der Waals surface area contributed by atoms with E-state index in [0.717, 1.165) is 31.2 Å². The van der Waals surface area contributed by atoms with Crippen LogP contribution in [-0.4, -0.2) is 31.1 Å². The van der Waals surface area contributed by atoms with Crippen LogP contribution >= 0.6 is 11.6 Å². The number of sulfonamides is 1. The molecule has 0 aliphatic heterocycles. The van der Waals surface area contributed by atoms with Gasteiger partial charge in [0.1, 0.15) is 0 Å². The van der Waals surface area contributed by atoms with Crippen LogP contribution in [0.15, 0.2) is 24.5 Å². The Kier molecular flexibility index (Phi) is 5.81. The highest BCUT2D eigenvalue weighted by atomic mass is 35.5. The summed E-state index contributed by atoms with van der Waals surface area (Å²) in [5, 5.41) is 0.103. The second-order valence-electron chi connectivity index (χ2n) is 5.33. The Morgan fingerprint density at radius 1 is 1.25 bits per heavy atom. The number of halogens is 1. The first kappa shape index (κ1) is 15.7. The van der Waals surface area contributed by atoms with E-state index in [1.54, 1.807) is 12.4 Å². The fraction of sp³-hybridized carbons (Fsp3) is 0.643. The number of aryl methyl sites for hydroxylation is 1. The van der Waals surface area contributed by atoms with Crippen molar-refractivity contribution in [1.29, 1.82) is 0 Å². The Morgan fingerprint density at radius 2 is 1.95 bits per heavy atom. The van der Waals surface area contributed by atoms with Crippen molar-refractivity contribution >= 4 is 21.6 Å². The Labute approximate surface area is 126 Å². The van der Waals surface area contributed by atoms with Crippen LogP contribution in [0.4, 0.5) is 0 Å². The molecule has 20 heavy (non-hydrogen) atoms. The SMILES string of the molecule is O=S(=O)(CCc1ccncc1)NCC1CCCCC1Cl. The molecule has 0 aromatic carbocycles. The number of aromatic nitrogens is 1. The van der Waals surface area contributed by atoms with Gasteiger partial charge in [0, 0.05) is 24.3 Å². The van der Waals surface area contributed by atoms with Crippen molar-refractivity contribution in [3.63, 3.8) is 0 Å². The molecule has 4 nitrogen and oxygen atoms in total. The molecule has 1 aliphatic carbocycles. The molecule has 1 heterocycles. The number of pyridine rings is 1. The third kappa shape index (κ3) is 5.04. The lowest BCUT2D eigenvalue weighted by Crippen LogP contribution is -2.36. The number of nitrogens with one attached hydrogen (secondary N) is 1. The normalized spacial score (nSPS) is 23.6. The lowest BCUT2D eigenvalue weighted by Gasteiger charge is -2.27. The van der Waals surface area contributed by atoms with Gasteiger partial charge in [-0.05, 0) is 42.9 Å². The van der Waals surface area contributed by atoms with E-state index in [4.69, 9.17) is 11.6 Å². The van der Waals surface area contributed by atoms with Gasteiger partial charge in [-0.1, -0.05) is 12.8 Å². The smallest absolute Gasteiger partial charge is 0.211 e. The maximum absolute atomic E-state index is 12.0. The molecule has 2 unspecified atom stereocenters. The number of hydrogen-bond acceptors (Lipinski definition) is 3. The average molecular weight is 317 g/mol. The molecule has 0 amide bonds. The van der Waals surface area contributed by atoms with E-state index in [0.29, 0.717) is 13.0 Å². The van der Waals surface area contributed by atoms with Crippen LogP contribution in [0.1, 0.15) is 31.2 Å². The van der Waals surface area contributed by atoms with Gasteiger partial charge in [0.2, 0.25) is 10.0 Å². The lowest BCUT2D eigenvalue weighted by atomic mass is 9.89. The standard InChI is InChI=1S/C14H21ClN2O2S/c15-14-4-2-1-3-13(14)11-17-20(18,19)10-7-12-5-8-16-9-6-12/h5-6,8-9,13-14,17H,1-4,7,10-11H2. The number of alkyl halides is 1. The second kappa shape index (κ2) is 7.38. The van der Waals surface area contributed by atoms with Gasteiger partial charge in [0.05, 0.1) is 5.75 Å². The molecule has 1 saturated carbocycles. The first-order valence-electron chi connectivity index (χ1n) is 7.07. The highest BCUT2D eigenvalue weighted by Gasteiger charge is 2.24. The fourth-order valence-electron chi connectivity index (χ4n) is 2.50. The summed E-state index contributed by atoms with van der Waals surface area (Å²) in [6.45, 7) is 0.465. The summed E-state index contributed by atoms with van der Waals surface area (Å²) in [5.41, 5.74) is 0.985. The molecule has 1 fully saturated rings. The van der Waals surface area contributed by atoms with Crippen LogP contribution in [0.25, 0.3) is 0 Å². The monoisotopic (exact) mass is 316 g/mol. The zero-order valence-electron chi connectivity index (χ0n) is 11.5. The Balaban J connectivity index is 1.79. The van der Waals surface area contributed by atoms with Crippen LogP contribution in [-0.2, 0) is 16.4 Å². The van der Waals surface area contributed by atoms with Crippen LogP contribution < -0.4 is 4.72 Å².